The highest BCUT2D eigenvalue weighted by molar-refractivity contribution is 5.53. The van der Waals surface area contributed by atoms with Gasteiger partial charge in [-0.25, -0.2) is 4.39 Å². The Balaban J connectivity index is 1.65. The van der Waals surface area contributed by atoms with Crippen molar-refractivity contribution in [3.8, 4) is 11.4 Å². The molecule has 112 valence electrons. The molecule has 1 N–H and O–H groups in total. The van der Waals surface area contributed by atoms with Crippen LogP contribution in [0.5, 0.6) is 0 Å². The van der Waals surface area contributed by atoms with Gasteiger partial charge in [0.2, 0.25) is 11.7 Å². The van der Waals surface area contributed by atoms with Gasteiger partial charge in [-0.1, -0.05) is 5.16 Å². The molecule has 1 aliphatic rings. The summed E-state index contributed by atoms with van der Waals surface area (Å²) in [6.07, 6.45) is 2.27. The van der Waals surface area contributed by atoms with E-state index in [2.05, 4.69) is 27.4 Å². The summed E-state index contributed by atoms with van der Waals surface area (Å²) in [7, 11) is 2.08. The highest BCUT2D eigenvalue weighted by Crippen LogP contribution is 2.18. The summed E-state index contributed by atoms with van der Waals surface area (Å²) in [5.74, 6) is 0.826. The van der Waals surface area contributed by atoms with E-state index in [0.717, 1.165) is 31.5 Å². The molecule has 6 heteroatoms. The molecule has 1 aromatic heterocycles. The van der Waals surface area contributed by atoms with Crippen molar-refractivity contribution < 1.29 is 8.91 Å². The van der Waals surface area contributed by atoms with Gasteiger partial charge in [-0.05, 0) is 57.2 Å². The van der Waals surface area contributed by atoms with Crippen LogP contribution in [0.4, 0.5) is 4.39 Å². The summed E-state index contributed by atoms with van der Waals surface area (Å²) in [5, 5.41) is 7.32. The molecule has 0 saturated carbocycles. The van der Waals surface area contributed by atoms with Crippen molar-refractivity contribution in [2.45, 2.75) is 25.4 Å². The lowest BCUT2D eigenvalue weighted by Crippen LogP contribution is -2.40. The molecule has 0 bridgehead atoms. The topological polar surface area (TPSA) is 54.2 Å². The number of nitrogens with one attached hydrogen (secondary N) is 1. The molecule has 1 saturated heterocycles. The van der Waals surface area contributed by atoms with Gasteiger partial charge >= 0.3 is 0 Å². The van der Waals surface area contributed by atoms with E-state index in [9.17, 15) is 4.39 Å². The van der Waals surface area contributed by atoms with E-state index in [1.54, 1.807) is 12.1 Å². The Morgan fingerprint density at radius 1 is 1.29 bits per heavy atom. The van der Waals surface area contributed by atoms with Gasteiger partial charge in [0.1, 0.15) is 5.82 Å². The second kappa shape index (κ2) is 6.32. The lowest BCUT2D eigenvalue weighted by molar-refractivity contribution is 0.171. The number of halogens is 1. The number of nitrogens with zero attached hydrogens (tertiary/aromatic N) is 3. The van der Waals surface area contributed by atoms with E-state index in [4.69, 9.17) is 4.52 Å². The Labute approximate surface area is 123 Å². The van der Waals surface area contributed by atoms with Gasteiger partial charge < -0.3 is 9.84 Å². The van der Waals surface area contributed by atoms with Crippen molar-refractivity contribution in [3.05, 3.63) is 36.0 Å². The molecule has 5 nitrogen and oxygen atoms in total. The van der Waals surface area contributed by atoms with Crippen LogP contribution in [-0.4, -0.2) is 41.2 Å². The van der Waals surface area contributed by atoms with Crippen LogP contribution >= 0.6 is 0 Å². The minimum Gasteiger partial charge on any atom is -0.338 e. The molecule has 1 fully saturated rings. The first kappa shape index (κ1) is 14.2. The smallest absolute Gasteiger partial charge is 0.241 e. The molecule has 0 amide bonds. The second-order valence-corrected chi connectivity index (χ2v) is 5.41. The maximum Gasteiger partial charge on any atom is 0.241 e. The zero-order valence-electron chi connectivity index (χ0n) is 12.1. The zero-order chi connectivity index (χ0) is 14.7. The molecule has 2 heterocycles. The molecule has 0 spiro atoms. The van der Waals surface area contributed by atoms with E-state index in [1.807, 2.05) is 0 Å². The Morgan fingerprint density at radius 2 is 2.00 bits per heavy atom. The van der Waals surface area contributed by atoms with Gasteiger partial charge in [0.05, 0.1) is 6.54 Å². The Morgan fingerprint density at radius 3 is 2.71 bits per heavy atom. The first-order chi connectivity index (χ1) is 10.2. The fourth-order valence-electron chi connectivity index (χ4n) is 2.63. The third-order valence-corrected chi connectivity index (χ3v) is 3.89. The van der Waals surface area contributed by atoms with Crippen LogP contribution < -0.4 is 5.32 Å². The molecule has 0 atom stereocenters. The van der Waals surface area contributed by atoms with E-state index >= 15 is 0 Å². The van der Waals surface area contributed by atoms with Gasteiger partial charge in [-0.3, -0.25) is 4.90 Å². The summed E-state index contributed by atoms with van der Waals surface area (Å²) >= 11 is 0. The average molecular weight is 290 g/mol. The van der Waals surface area contributed by atoms with Crippen LogP contribution in [-0.2, 0) is 6.54 Å². The molecule has 21 heavy (non-hydrogen) atoms. The third-order valence-electron chi connectivity index (χ3n) is 3.89. The fourth-order valence-corrected chi connectivity index (χ4v) is 2.63. The van der Waals surface area contributed by atoms with Crippen LogP contribution in [0.2, 0.25) is 0 Å². The predicted molar refractivity (Wildman–Crippen MR) is 77.1 cm³/mol. The van der Waals surface area contributed by atoms with Gasteiger partial charge in [-0.15, -0.1) is 0 Å². The highest BCUT2D eigenvalue weighted by Gasteiger charge is 2.20. The largest absolute Gasteiger partial charge is 0.338 e. The lowest BCUT2D eigenvalue weighted by atomic mass is 10.1. The van der Waals surface area contributed by atoms with Gasteiger partial charge in [-0.2, -0.15) is 4.98 Å². The molecule has 0 aliphatic carbocycles. The standard InChI is InChI=1S/C15H19FN4O/c1-20(13-6-8-17-9-7-13)10-14-18-15(19-21-14)11-2-4-12(16)5-3-11/h2-5,13,17H,6-10H2,1H3. The fraction of sp³-hybridized carbons (Fsp3) is 0.467. The zero-order valence-corrected chi connectivity index (χ0v) is 12.1. The van der Waals surface area contributed by atoms with Crippen LogP contribution in [0.15, 0.2) is 28.8 Å². The van der Waals surface area contributed by atoms with Crippen molar-refractivity contribution in [2.24, 2.45) is 0 Å². The van der Waals surface area contributed by atoms with Crippen LogP contribution in [0.1, 0.15) is 18.7 Å². The first-order valence-electron chi connectivity index (χ1n) is 7.22. The van der Waals surface area contributed by atoms with Crippen molar-refractivity contribution in [1.82, 2.24) is 20.4 Å². The van der Waals surface area contributed by atoms with Crippen molar-refractivity contribution in [3.63, 3.8) is 0 Å². The molecule has 0 radical (unpaired) electrons. The SMILES string of the molecule is CN(Cc1nc(-c2ccc(F)cc2)no1)C1CCNCC1. The Hall–Kier alpha value is -1.79. The molecule has 1 aliphatic heterocycles. The quantitative estimate of drug-likeness (QED) is 0.934. The summed E-state index contributed by atoms with van der Waals surface area (Å²) in [5.41, 5.74) is 0.760. The van der Waals surface area contributed by atoms with Gasteiger partial charge in [0, 0.05) is 11.6 Å². The van der Waals surface area contributed by atoms with E-state index in [1.165, 1.54) is 12.1 Å². The monoisotopic (exact) mass is 290 g/mol. The van der Waals surface area contributed by atoms with Crippen LogP contribution in [0, 0.1) is 5.82 Å². The Kier molecular flexibility index (Phi) is 4.26. The molecule has 2 aromatic rings. The third kappa shape index (κ3) is 3.46. The molecule has 0 unspecified atom stereocenters. The molecule has 3 rings (SSSR count). The maximum atomic E-state index is 12.9. The number of aromatic nitrogens is 2. The summed E-state index contributed by atoms with van der Waals surface area (Å²) in [4.78, 5) is 6.64. The molecule has 1 aromatic carbocycles. The van der Waals surface area contributed by atoms with Gasteiger partial charge in [0.15, 0.2) is 0 Å². The van der Waals surface area contributed by atoms with Crippen molar-refractivity contribution in [2.75, 3.05) is 20.1 Å². The number of rotatable bonds is 4. The summed E-state index contributed by atoms with van der Waals surface area (Å²) in [6, 6.07) is 6.65. The van der Waals surface area contributed by atoms with Crippen molar-refractivity contribution in [1.29, 1.82) is 0 Å². The second-order valence-electron chi connectivity index (χ2n) is 5.41. The predicted octanol–water partition coefficient (Wildman–Crippen LogP) is 2.06. The Bertz CT molecular complexity index is 578. The normalized spacial score (nSPS) is 16.5. The molecular formula is C15H19FN4O. The van der Waals surface area contributed by atoms with E-state index < -0.39 is 0 Å². The maximum absolute atomic E-state index is 12.9. The summed E-state index contributed by atoms with van der Waals surface area (Å²) in [6.45, 7) is 2.75. The minimum atomic E-state index is -0.270. The van der Waals surface area contributed by atoms with Crippen LogP contribution in [0.25, 0.3) is 11.4 Å². The van der Waals surface area contributed by atoms with Crippen molar-refractivity contribution >= 4 is 0 Å². The van der Waals surface area contributed by atoms with Crippen LogP contribution in [0.3, 0.4) is 0 Å². The summed E-state index contributed by atoms with van der Waals surface area (Å²) < 4.78 is 18.2. The minimum absolute atomic E-state index is 0.270. The number of piperidine rings is 1. The van der Waals surface area contributed by atoms with E-state index in [-0.39, 0.29) is 5.82 Å². The number of hydrogen-bond acceptors (Lipinski definition) is 5. The van der Waals surface area contributed by atoms with E-state index in [0.29, 0.717) is 24.3 Å². The number of benzene rings is 1. The first-order valence-corrected chi connectivity index (χ1v) is 7.22. The number of hydrogen-bond donors (Lipinski definition) is 1. The lowest BCUT2D eigenvalue weighted by Gasteiger charge is -2.30. The molecular weight excluding hydrogens is 271 g/mol. The highest BCUT2D eigenvalue weighted by atomic mass is 19.1. The average Bonchev–Trinajstić information content (AvgIpc) is 2.97. The van der Waals surface area contributed by atoms with Gasteiger partial charge in [0.25, 0.3) is 0 Å².